The summed E-state index contributed by atoms with van der Waals surface area (Å²) in [6, 6.07) is 17.1. The molecule has 3 rings (SSSR count). The minimum atomic E-state index is -0.0982. The van der Waals surface area contributed by atoms with Gasteiger partial charge < -0.3 is 10.4 Å². The number of nitrogens with one attached hydrogen (secondary N) is 1. The van der Waals surface area contributed by atoms with Gasteiger partial charge in [0.15, 0.2) is 0 Å². The molecule has 0 aliphatic heterocycles. The molecule has 0 bridgehead atoms. The normalized spacial score (nSPS) is 10.6. The number of nitrogens with zero attached hydrogens (tertiary/aromatic N) is 1. The average Bonchev–Trinajstić information content (AvgIpc) is 2.64. The van der Waals surface area contributed by atoms with Gasteiger partial charge in [-0.15, -0.1) is 0 Å². The zero-order valence-corrected chi connectivity index (χ0v) is 16.7. The van der Waals surface area contributed by atoms with Gasteiger partial charge in [-0.3, -0.25) is 9.78 Å². The molecular formula is C22H21BrN2O2. The van der Waals surface area contributed by atoms with Crippen LogP contribution in [-0.2, 0) is 24.1 Å². The Labute approximate surface area is 167 Å². The van der Waals surface area contributed by atoms with Crippen molar-refractivity contribution in [1.82, 2.24) is 4.98 Å². The molecule has 0 aliphatic carbocycles. The molecule has 0 fully saturated rings. The minimum Gasteiger partial charge on any atom is -0.508 e. The number of halogens is 1. The first-order chi connectivity index (χ1) is 13.0. The summed E-state index contributed by atoms with van der Waals surface area (Å²) in [6.45, 7) is 1.51. The van der Waals surface area contributed by atoms with Crippen LogP contribution >= 0.6 is 15.9 Å². The van der Waals surface area contributed by atoms with Crippen molar-refractivity contribution in [1.29, 1.82) is 0 Å². The molecule has 27 heavy (non-hydrogen) atoms. The number of hydrogen-bond donors (Lipinski definition) is 2. The first-order valence-electron chi connectivity index (χ1n) is 8.78. The van der Waals surface area contributed by atoms with Gasteiger partial charge >= 0.3 is 0 Å². The lowest BCUT2D eigenvalue weighted by Gasteiger charge is -2.15. The highest BCUT2D eigenvalue weighted by atomic mass is 79.9. The van der Waals surface area contributed by atoms with Crippen LogP contribution in [0.5, 0.6) is 5.75 Å². The number of benzene rings is 2. The molecule has 4 nitrogen and oxygen atoms in total. The molecule has 0 saturated carbocycles. The van der Waals surface area contributed by atoms with Crippen LogP contribution in [0.3, 0.4) is 0 Å². The van der Waals surface area contributed by atoms with Gasteiger partial charge in [0.05, 0.1) is 0 Å². The van der Waals surface area contributed by atoms with Crippen LogP contribution in [-0.4, -0.2) is 16.0 Å². The van der Waals surface area contributed by atoms with Crippen molar-refractivity contribution in [2.24, 2.45) is 0 Å². The predicted octanol–water partition coefficient (Wildman–Crippen LogP) is 4.88. The predicted molar refractivity (Wildman–Crippen MR) is 111 cm³/mol. The second-order valence-electron chi connectivity index (χ2n) is 6.40. The van der Waals surface area contributed by atoms with Crippen LogP contribution in [0.25, 0.3) is 0 Å². The number of pyridine rings is 1. The Morgan fingerprint density at radius 1 is 1.07 bits per heavy atom. The zero-order valence-electron chi connectivity index (χ0n) is 15.1. The zero-order chi connectivity index (χ0) is 19.2. The molecule has 138 valence electrons. The number of amides is 1. The lowest BCUT2D eigenvalue weighted by Crippen LogP contribution is -2.11. The number of carbonyl (C=O) groups excluding carboxylic acids is 1. The van der Waals surface area contributed by atoms with Gasteiger partial charge in [0.1, 0.15) is 5.75 Å². The maximum Gasteiger partial charge on any atom is 0.221 e. The molecule has 0 aliphatic rings. The molecule has 0 atom stereocenters. The van der Waals surface area contributed by atoms with Crippen molar-refractivity contribution in [3.8, 4) is 5.75 Å². The van der Waals surface area contributed by atoms with Gasteiger partial charge in [-0.05, 0) is 53.8 Å². The number of rotatable bonds is 6. The first kappa shape index (κ1) is 19.1. The van der Waals surface area contributed by atoms with E-state index in [2.05, 4.69) is 32.3 Å². The summed E-state index contributed by atoms with van der Waals surface area (Å²) in [5.41, 5.74) is 5.04. The fourth-order valence-electron chi connectivity index (χ4n) is 3.04. The largest absolute Gasteiger partial charge is 0.508 e. The maximum absolute atomic E-state index is 11.6. The van der Waals surface area contributed by atoms with Gasteiger partial charge in [0.25, 0.3) is 0 Å². The summed E-state index contributed by atoms with van der Waals surface area (Å²) >= 11 is 3.60. The van der Waals surface area contributed by atoms with Crippen molar-refractivity contribution in [3.05, 3.63) is 87.7 Å². The Kier molecular flexibility index (Phi) is 6.24. The molecule has 3 aromatic rings. The molecule has 2 N–H and O–H groups in total. The summed E-state index contributed by atoms with van der Waals surface area (Å²) in [7, 11) is 0. The van der Waals surface area contributed by atoms with Gasteiger partial charge in [-0.1, -0.05) is 46.3 Å². The van der Waals surface area contributed by atoms with E-state index >= 15 is 0 Å². The highest BCUT2D eigenvalue weighted by Crippen LogP contribution is 2.25. The van der Waals surface area contributed by atoms with E-state index in [0.717, 1.165) is 39.8 Å². The summed E-state index contributed by atoms with van der Waals surface area (Å²) in [5.74, 6) is 0.145. The van der Waals surface area contributed by atoms with E-state index in [9.17, 15) is 9.90 Å². The molecule has 2 aromatic carbocycles. The van der Waals surface area contributed by atoms with Crippen molar-refractivity contribution in [2.75, 3.05) is 5.32 Å². The van der Waals surface area contributed by atoms with E-state index in [-0.39, 0.29) is 11.7 Å². The Morgan fingerprint density at radius 2 is 1.81 bits per heavy atom. The molecule has 5 heteroatoms. The van der Waals surface area contributed by atoms with E-state index in [1.54, 1.807) is 18.3 Å². The smallest absolute Gasteiger partial charge is 0.221 e. The summed E-state index contributed by atoms with van der Waals surface area (Å²) in [5, 5.41) is 12.4. The molecule has 0 saturated heterocycles. The standard InChI is InChI=1S/C22H21BrN2O2/c1-15(26)25-21-12-13-24-22(14-16-6-9-18(27)10-7-16)19(21)11-8-17-4-2-3-5-20(17)23/h2-7,9-10,12-13,27H,8,11,14H2,1H3,(H,24,25,26). The lowest BCUT2D eigenvalue weighted by atomic mass is 9.98. The van der Waals surface area contributed by atoms with Gasteiger partial charge in [0.2, 0.25) is 5.91 Å². The Hall–Kier alpha value is -2.66. The third-order valence-electron chi connectivity index (χ3n) is 4.37. The van der Waals surface area contributed by atoms with Crippen molar-refractivity contribution in [2.45, 2.75) is 26.2 Å². The number of aryl methyl sites for hydroxylation is 1. The van der Waals surface area contributed by atoms with E-state index in [1.807, 2.05) is 36.4 Å². The van der Waals surface area contributed by atoms with Gasteiger partial charge in [-0.2, -0.15) is 0 Å². The Bertz CT molecular complexity index is 939. The van der Waals surface area contributed by atoms with Gasteiger partial charge in [-0.25, -0.2) is 0 Å². The molecule has 0 radical (unpaired) electrons. The molecular weight excluding hydrogens is 404 g/mol. The first-order valence-corrected chi connectivity index (χ1v) is 9.58. The summed E-state index contributed by atoms with van der Waals surface area (Å²) in [6.07, 6.45) is 3.96. The SMILES string of the molecule is CC(=O)Nc1ccnc(Cc2ccc(O)cc2)c1CCc1ccccc1Br. The van der Waals surface area contributed by atoms with E-state index in [0.29, 0.717) is 6.42 Å². The summed E-state index contributed by atoms with van der Waals surface area (Å²) < 4.78 is 1.08. The van der Waals surface area contributed by atoms with E-state index in [1.165, 1.54) is 12.5 Å². The van der Waals surface area contributed by atoms with Crippen LogP contribution in [0.1, 0.15) is 29.3 Å². The Morgan fingerprint density at radius 3 is 2.52 bits per heavy atom. The molecule has 0 spiro atoms. The fraction of sp³-hybridized carbons (Fsp3) is 0.182. The molecule has 1 heterocycles. The number of aromatic hydroxyl groups is 1. The van der Waals surface area contributed by atoms with Crippen LogP contribution < -0.4 is 5.32 Å². The van der Waals surface area contributed by atoms with E-state index < -0.39 is 0 Å². The number of aromatic nitrogens is 1. The number of phenols is 1. The molecule has 1 aromatic heterocycles. The minimum absolute atomic E-state index is 0.0982. The van der Waals surface area contributed by atoms with Crippen LogP contribution in [0.15, 0.2) is 65.3 Å². The Balaban J connectivity index is 1.91. The molecule has 0 unspecified atom stereocenters. The van der Waals surface area contributed by atoms with Crippen LogP contribution in [0, 0.1) is 0 Å². The molecule has 1 amide bonds. The van der Waals surface area contributed by atoms with Crippen LogP contribution in [0.4, 0.5) is 5.69 Å². The highest BCUT2D eigenvalue weighted by Gasteiger charge is 2.13. The number of hydrogen-bond acceptors (Lipinski definition) is 3. The highest BCUT2D eigenvalue weighted by molar-refractivity contribution is 9.10. The number of carbonyl (C=O) groups is 1. The topological polar surface area (TPSA) is 62.2 Å². The number of phenolic OH excluding ortho intramolecular Hbond substituents is 1. The quantitative estimate of drug-likeness (QED) is 0.592. The fourth-order valence-corrected chi connectivity index (χ4v) is 3.52. The second kappa shape index (κ2) is 8.82. The van der Waals surface area contributed by atoms with Gasteiger partial charge in [0, 0.05) is 35.4 Å². The van der Waals surface area contributed by atoms with Crippen molar-refractivity contribution in [3.63, 3.8) is 0 Å². The third-order valence-corrected chi connectivity index (χ3v) is 5.14. The number of anilines is 1. The van der Waals surface area contributed by atoms with E-state index in [4.69, 9.17) is 0 Å². The van der Waals surface area contributed by atoms with Crippen LogP contribution in [0.2, 0.25) is 0 Å². The second-order valence-corrected chi connectivity index (χ2v) is 7.25. The maximum atomic E-state index is 11.6. The average molecular weight is 425 g/mol. The van der Waals surface area contributed by atoms with Crippen molar-refractivity contribution >= 4 is 27.5 Å². The lowest BCUT2D eigenvalue weighted by molar-refractivity contribution is -0.114. The third kappa shape index (κ3) is 5.17. The monoisotopic (exact) mass is 424 g/mol. The van der Waals surface area contributed by atoms with Crippen molar-refractivity contribution < 1.29 is 9.90 Å². The summed E-state index contributed by atoms with van der Waals surface area (Å²) in [4.78, 5) is 16.2.